The fourth-order valence-electron chi connectivity index (χ4n) is 2.50. The minimum absolute atomic E-state index is 0.704. The lowest BCUT2D eigenvalue weighted by molar-refractivity contribution is 1.03. The van der Waals surface area contributed by atoms with Gasteiger partial charge in [0, 0.05) is 21.9 Å². The highest BCUT2D eigenvalue weighted by Gasteiger charge is 2.10. The lowest BCUT2D eigenvalue weighted by atomic mass is 10.1. The molecule has 2 nitrogen and oxygen atoms in total. The van der Waals surface area contributed by atoms with Gasteiger partial charge in [-0.3, -0.25) is 4.57 Å². The van der Waals surface area contributed by atoms with Crippen LogP contribution in [-0.2, 0) is 0 Å². The molecular formula is C17H15BrN2S. The predicted molar refractivity (Wildman–Crippen MR) is 93.6 cm³/mol. The van der Waals surface area contributed by atoms with Crippen molar-refractivity contribution in [2.24, 2.45) is 0 Å². The maximum Gasteiger partial charge on any atom is 0.182 e. The van der Waals surface area contributed by atoms with Crippen molar-refractivity contribution in [3.8, 4) is 16.9 Å². The molecule has 0 spiro atoms. The number of hydrogen-bond acceptors (Lipinski definition) is 1. The van der Waals surface area contributed by atoms with Gasteiger partial charge in [-0.05, 0) is 49.3 Å². The molecule has 1 aromatic heterocycles. The summed E-state index contributed by atoms with van der Waals surface area (Å²) in [5, 5.41) is 0. The van der Waals surface area contributed by atoms with Gasteiger partial charge in [0.15, 0.2) is 4.77 Å². The third-order valence-electron chi connectivity index (χ3n) is 3.53. The Hall–Kier alpha value is -1.65. The molecule has 0 aliphatic carbocycles. The van der Waals surface area contributed by atoms with Gasteiger partial charge in [-0.25, -0.2) is 0 Å². The van der Waals surface area contributed by atoms with Crippen LogP contribution in [-0.4, -0.2) is 9.55 Å². The van der Waals surface area contributed by atoms with Gasteiger partial charge in [0.2, 0.25) is 0 Å². The Morgan fingerprint density at radius 2 is 1.67 bits per heavy atom. The Morgan fingerprint density at radius 1 is 1.05 bits per heavy atom. The summed E-state index contributed by atoms with van der Waals surface area (Å²) in [6, 6.07) is 14.6. The van der Waals surface area contributed by atoms with Crippen LogP contribution in [0.3, 0.4) is 0 Å². The van der Waals surface area contributed by atoms with Crippen molar-refractivity contribution in [1.82, 2.24) is 9.55 Å². The van der Waals surface area contributed by atoms with Crippen molar-refractivity contribution >= 4 is 28.1 Å². The molecule has 0 saturated heterocycles. The van der Waals surface area contributed by atoms with Crippen molar-refractivity contribution in [2.75, 3.05) is 0 Å². The van der Waals surface area contributed by atoms with Gasteiger partial charge >= 0.3 is 0 Å². The summed E-state index contributed by atoms with van der Waals surface area (Å²) in [5.41, 5.74) is 5.70. The standard InChI is InChI=1S/C17H15BrN2S/c1-11-8-14(9-12(2)16(11)18)20-15(10-19-17(20)21)13-6-4-3-5-7-13/h3-10H,1-2H3,(H,19,21). The van der Waals surface area contributed by atoms with E-state index in [0.29, 0.717) is 4.77 Å². The molecule has 1 heterocycles. The quantitative estimate of drug-likeness (QED) is 0.592. The van der Waals surface area contributed by atoms with Gasteiger partial charge in [-0.1, -0.05) is 46.3 Å². The fourth-order valence-corrected chi connectivity index (χ4v) is 2.99. The topological polar surface area (TPSA) is 20.7 Å². The van der Waals surface area contributed by atoms with Crippen LogP contribution in [0.25, 0.3) is 16.9 Å². The molecule has 106 valence electrons. The molecule has 2 aromatic carbocycles. The fraction of sp³-hybridized carbons (Fsp3) is 0.118. The number of hydrogen-bond donors (Lipinski definition) is 1. The highest BCUT2D eigenvalue weighted by molar-refractivity contribution is 9.10. The smallest absolute Gasteiger partial charge is 0.182 e. The third-order valence-corrected chi connectivity index (χ3v) is 5.08. The monoisotopic (exact) mass is 358 g/mol. The summed E-state index contributed by atoms with van der Waals surface area (Å²) in [6.07, 6.45) is 1.96. The molecule has 0 atom stereocenters. The molecule has 0 aliphatic heterocycles. The zero-order valence-corrected chi connectivity index (χ0v) is 14.3. The average molecular weight is 359 g/mol. The maximum absolute atomic E-state index is 5.47. The van der Waals surface area contributed by atoms with Gasteiger partial charge < -0.3 is 4.98 Å². The molecule has 1 N–H and O–H groups in total. The van der Waals surface area contributed by atoms with Crippen LogP contribution >= 0.6 is 28.1 Å². The summed E-state index contributed by atoms with van der Waals surface area (Å²) in [4.78, 5) is 3.15. The second-order valence-corrected chi connectivity index (χ2v) is 6.25. The minimum Gasteiger partial charge on any atom is -0.336 e. The Balaban J connectivity index is 2.25. The van der Waals surface area contributed by atoms with E-state index >= 15 is 0 Å². The molecule has 0 bridgehead atoms. The zero-order valence-electron chi connectivity index (χ0n) is 11.9. The van der Waals surface area contributed by atoms with E-state index in [9.17, 15) is 0 Å². The number of benzene rings is 2. The van der Waals surface area contributed by atoms with Gasteiger partial charge in [0.05, 0.1) is 5.69 Å². The Morgan fingerprint density at radius 3 is 2.29 bits per heavy atom. The Bertz CT molecular complexity index is 824. The summed E-state index contributed by atoms with van der Waals surface area (Å²) < 4.78 is 3.93. The van der Waals surface area contributed by atoms with Crippen LogP contribution in [0.4, 0.5) is 0 Å². The van der Waals surface area contributed by atoms with E-state index in [1.54, 1.807) is 0 Å². The van der Waals surface area contributed by atoms with Crippen LogP contribution in [0, 0.1) is 18.6 Å². The van der Waals surface area contributed by atoms with Gasteiger partial charge in [0.1, 0.15) is 0 Å². The first-order valence-electron chi connectivity index (χ1n) is 6.71. The largest absolute Gasteiger partial charge is 0.336 e. The van der Waals surface area contributed by atoms with Crippen LogP contribution in [0.2, 0.25) is 0 Å². The van der Waals surface area contributed by atoms with Crippen LogP contribution in [0.1, 0.15) is 11.1 Å². The molecule has 0 radical (unpaired) electrons. The lowest BCUT2D eigenvalue weighted by Gasteiger charge is -2.12. The highest BCUT2D eigenvalue weighted by Crippen LogP contribution is 2.28. The van der Waals surface area contributed by atoms with Gasteiger partial charge in [-0.2, -0.15) is 0 Å². The first kappa shape index (κ1) is 14.3. The second kappa shape index (κ2) is 5.62. The summed E-state index contributed by atoms with van der Waals surface area (Å²) in [5.74, 6) is 0. The zero-order chi connectivity index (χ0) is 15.0. The van der Waals surface area contributed by atoms with E-state index in [4.69, 9.17) is 12.2 Å². The van der Waals surface area contributed by atoms with Crippen LogP contribution < -0.4 is 0 Å². The number of aryl methyl sites for hydroxylation is 2. The number of nitrogens with zero attached hydrogens (tertiary/aromatic N) is 1. The molecule has 21 heavy (non-hydrogen) atoms. The number of aromatic nitrogens is 2. The predicted octanol–water partition coefficient (Wildman–Crippen LogP) is 5.58. The van der Waals surface area contributed by atoms with Crippen molar-refractivity contribution in [2.45, 2.75) is 13.8 Å². The van der Waals surface area contributed by atoms with E-state index in [1.165, 1.54) is 11.1 Å². The van der Waals surface area contributed by atoms with Crippen molar-refractivity contribution in [3.05, 3.63) is 69.0 Å². The van der Waals surface area contributed by atoms with E-state index in [1.807, 2.05) is 24.4 Å². The molecule has 3 rings (SSSR count). The Labute approximate surface area is 137 Å². The SMILES string of the molecule is Cc1cc(-n2c(-c3ccccc3)c[nH]c2=S)cc(C)c1Br. The maximum atomic E-state index is 5.47. The Kier molecular flexibility index (Phi) is 3.83. The van der Waals surface area contributed by atoms with E-state index in [2.05, 4.69) is 63.6 Å². The molecule has 4 heteroatoms. The lowest BCUT2D eigenvalue weighted by Crippen LogP contribution is -1.99. The van der Waals surface area contributed by atoms with Gasteiger partial charge in [-0.15, -0.1) is 0 Å². The van der Waals surface area contributed by atoms with Crippen molar-refractivity contribution in [3.63, 3.8) is 0 Å². The summed E-state index contributed by atoms with van der Waals surface area (Å²) in [7, 11) is 0. The number of nitrogens with one attached hydrogen (secondary N) is 1. The summed E-state index contributed by atoms with van der Waals surface area (Å²) in [6.45, 7) is 4.19. The van der Waals surface area contributed by atoms with Crippen LogP contribution in [0.15, 0.2) is 53.1 Å². The number of imidazole rings is 1. The molecule has 3 aromatic rings. The summed E-state index contributed by atoms with van der Waals surface area (Å²) >= 11 is 9.09. The van der Waals surface area contributed by atoms with E-state index < -0.39 is 0 Å². The van der Waals surface area contributed by atoms with E-state index in [-0.39, 0.29) is 0 Å². The number of halogens is 1. The first-order valence-corrected chi connectivity index (χ1v) is 7.91. The first-order chi connectivity index (χ1) is 10.1. The minimum atomic E-state index is 0.704. The molecule has 0 fully saturated rings. The molecule has 0 saturated carbocycles. The molecule has 0 aliphatic rings. The highest BCUT2D eigenvalue weighted by atomic mass is 79.9. The average Bonchev–Trinajstić information content (AvgIpc) is 2.87. The third kappa shape index (κ3) is 2.61. The van der Waals surface area contributed by atoms with Gasteiger partial charge in [0.25, 0.3) is 0 Å². The number of H-pyrrole nitrogens is 1. The van der Waals surface area contributed by atoms with Crippen LogP contribution in [0.5, 0.6) is 0 Å². The molecule has 0 unspecified atom stereocenters. The molecule has 0 amide bonds. The number of aromatic amines is 1. The van der Waals surface area contributed by atoms with E-state index in [0.717, 1.165) is 21.4 Å². The number of rotatable bonds is 2. The van der Waals surface area contributed by atoms with Crippen molar-refractivity contribution in [1.29, 1.82) is 0 Å². The second-order valence-electron chi connectivity index (χ2n) is 5.07. The van der Waals surface area contributed by atoms with Crippen molar-refractivity contribution < 1.29 is 0 Å². The normalized spacial score (nSPS) is 10.8. The molecular weight excluding hydrogens is 344 g/mol.